The number of nitrogens with zero attached hydrogens (tertiary/aromatic N) is 1. The second kappa shape index (κ2) is 5.35. The molecule has 2 unspecified atom stereocenters. The highest BCUT2D eigenvalue weighted by Crippen LogP contribution is 2.34. The van der Waals surface area contributed by atoms with Crippen LogP contribution in [0, 0.1) is 11.7 Å². The molecule has 0 bridgehead atoms. The van der Waals surface area contributed by atoms with Gasteiger partial charge in [0.15, 0.2) is 0 Å². The summed E-state index contributed by atoms with van der Waals surface area (Å²) in [7, 11) is 0. The van der Waals surface area contributed by atoms with Crippen molar-refractivity contribution in [3.8, 4) is 0 Å². The summed E-state index contributed by atoms with van der Waals surface area (Å²) >= 11 is 0. The first kappa shape index (κ1) is 13.3. The largest absolute Gasteiger partial charge is 0.335 e. The number of rotatable bonds is 2. The van der Waals surface area contributed by atoms with Crippen molar-refractivity contribution in [1.82, 2.24) is 4.90 Å². The summed E-state index contributed by atoms with van der Waals surface area (Å²) < 4.78 is 13.8. The smallest absolute Gasteiger partial charge is 0.257 e. The van der Waals surface area contributed by atoms with Gasteiger partial charge in [-0.05, 0) is 37.8 Å². The molecule has 1 aliphatic carbocycles. The summed E-state index contributed by atoms with van der Waals surface area (Å²) in [6.07, 6.45) is 4.17. The minimum Gasteiger partial charge on any atom is -0.335 e. The standard InChI is InChI=1S/C16H18FNO2/c17-13-7-2-1-5-11(13)16(20)18-10-4-8-14(18)12-6-3-9-15(12)19/h1-2,5,7,12,14H,3-4,6,8-10H2. The lowest BCUT2D eigenvalue weighted by molar-refractivity contribution is -0.121. The fraction of sp³-hybridized carbons (Fsp3) is 0.500. The van der Waals surface area contributed by atoms with Gasteiger partial charge in [0.05, 0.1) is 5.56 Å². The summed E-state index contributed by atoms with van der Waals surface area (Å²) in [5, 5.41) is 0. The van der Waals surface area contributed by atoms with Crippen molar-refractivity contribution in [1.29, 1.82) is 0 Å². The fourth-order valence-electron chi connectivity index (χ4n) is 3.50. The number of hydrogen-bond acceptors (Lipinski definition) is 2. The Morgan fingerprint density at radius 2 is 2.00 bits per heavy atom. The predicted molar refractivity (Wildman–Crippen MR) is 72.8 cm³/mol. The van der Waals surface area contributed by atoms with Crippen LogP contribution in [0.3, 0.4) is 0 Å². The molecule has 1 saturated heterocycles. The third-order valence-corrected chi connectivity index (χ3v) is 4.48. The van der Waals surface area contributed by atoms with Crippen LogP contribution >= 0.6 is 0 Å². The molecule has 1 aromatic carbocycles. The molecule has 4 heteroatoms. The van der Waals surface area contributed by atoms with Crippen molar-refractivity contribution in [3.05, 3.63) is 35.6 Å². The zero-order chi connectivity index (χ0) is 14.1. The van der Waals surface area contributed by atoms with Crippen LogP contribution in [0.15, 0.2) is 24.3 Å². The molecule has 1 heterocycles. The maximum Gasteiger partial charge on any atom is 0.257 e. The molecule has 0 N–H and O–H groups in total. The SMILES string of the molecule is O=C1CCCC1C1CCCN1C(=O)c1ccccc1F. The highest BCUT2D eigenvalue weighted by Gasteiger charge is 2.40. The van der Waals surface area contributed by atoms with E-state index in [4.69, 9.17) is 0 Å². The van der Waals surface area contributed by atoms with Crippen LogP contribution < -0.4 is 0 Å². The molecule has 0 spiro atoms. The van der Waals surface area contributed by atoms with E-state index >= 15 is 0 Å². The number of carbonyl (C=O) groups excluding carboxylic acids is 2. The van der Waals surface area contributed by atoms with Gasteiger partial charge in [-0.2, -0.15) is 0 Å². The average molecular weight is 275 g/mol. The van der Waals surface area contributed by atoms with E-state index in [2.05, 4.69) is 0 Å². The van der Waals surface area contributed by atoms with Crippen LogP contribution in [0.5, 0.6) is 0 Å². The number of carbonyl (C=O) groups is 2. The van der Waals surface area contributed by atoms with E-state index in [1.54, 1.807) is 17.0 Å². The molecule has 0 aromatic heterocycles. The molecule has 2 fully saturated rings. The lowest BCUT2D eigenvalue weighted by Crippen LogP contribution is -2.41. The highest BCUT2D eigenvalue weighted by atomic mass is 19.1. The number of likely N-dealkylation sites (tertiary alicyclic amines) is 1. The molecule has 1 amide bonds. The first-order valence-corrected chi connectivity index (χ1v) is 7.26. The van der Waals surface area contributed by atoms with Crippen molar-refractivity contribution < 1.29 is 14.0 Å². The normalized spacial score (nSPS) is 26.2. The van der Waals surface area contributed by atoms with E-state index in [9.17, 15) is 14.0 Å². The van der Waals surface area contributed by atoms with E-state index < -0.39 is 5.82 Å². The van der Waals surface area contributed by atoms with Crippen LogP contribution in [0.4, 0.5) is 4.39 Å². The minimum absolute atomic E-state index is 0.0305. The molecular weight excluding hydrogens is 257 g/mol. The Morgan fingerprint density at radius 3 is 2.70 bits per heavy atom. The number of Topliss-reactive ketones (excluding diaryl/α,β-unsaturated/α-hetero) is 1. The number of amides is 1. The Balaban J connectivity index is 1.83. The fourth-order valence-corrected chi connectivity index (χ4v) is 3.50. The van der Waals surface area contributed by atoms with Crippen LogP contribution in [-0.4, -0.2) is 29.2 Å². The summed E-state index contributed by atoms with van der Waals surface area (Å²) in [5.41, 5.74) is 0.116. The number of ketones is 1. The van der Waals surface area contributed by atoms with Gasteiger partial charge >= 0.3 is 0 Å². The van der Waals surface area contributed by atoms with Gasteiger partial charge < -0.3 is 4.90 Å². The molecule has 106 valence electrons. The zero-order valence-electron chi connectivity index (χ0n) is 11.3. The Labute approximate surface area is 117 Å². The van der Waals surface area contributed by atoms with Gasteiger partial charge in [-0.1, -0.05) is 12.1 Å². The molecule has 3 rings (SSSR count). The molecular formula is C16H18FNO2. The molecule has 2 atom stereocenters. The highest BCUT2D eigenvalue weighted by molar-refractivity contribution is 5.95. The van der Waals surface area contributed by atoms with E-state index in [0.717, 1.165) is 25.7 Å². The van der Waals surface area contributed by atoms with E-state index in [1.165, 1.54) is 12.1 Å². The summed E-state index contributed by atoms with van der Waals surface area (Å²) in [6, 6.07) is 6.04. The Morgan fingerprint density at radius 1 is 1.20 bits per heavy atom. The average Bonchev–Trinajstić information content (AvgIpc) is 3.06. The van der Waals surface area contributed by atoms with Crippen LogP contribution in [0.25, 0.3) is 0 Å². The molecule has 1 aliphatic heterocycles. The molecule has 3 nitrogen and oxygen atoms in total. The van der Waals surface area contributed by atoms with Crippen molar-refractivity contribution in [2.45, 2.75) is 38.1 Å². The number of halogens is 1. The summed E-state index contributed by atoms with van der Waals surface area (Å²) in [5.74, 6) is -0.525. The maximum absolute atomic E-state index is 13.8. The van der Waals surface area contributed by atoms with E-state index in [0.29, 0.717) is 13.0 Å². The lowest BCUT2D eigenvalue weighted by atomic mass is 9.94. The lowest BCUT2D eigenvalue weighted by Gasteiger charge is -2.28. The van der Waals surface area contributed by atoms with Crippen molar-refractivity contribution in [2.24, 2.45) is 5.92 Å². The molecule has 1 saturated carbocycles. The van der Waals surface area contributed by atoms with Crippen molar-refractivity contribution >= 4 is 11.7 Å². The Kier molecular flexibility index (Phi) is 3.55. The van der Waals surface area contributed by atoms with Crippen LogP contribution in [0.2, 0.25) is 0 Å². The third kappa shape index (κ3) is 2.23. The maximum atomic E-state index is 13.8. The van der Waals surface area contributed by atoms with E-state index in [-0.39, 0.29) is 29.2 Å². The van der Waals surface area contributed by atoms with Gasteiger partial charge in [-0.15, -0.1) is 0 Å². The molecule has 2 aliphatic rings. The topological polar surface area (TPSA) is 37.4 Å². The number of hydrogen-bond donors (Lipinski definition) is 0. The predicted octanol–water partition coefficient (Wildman–Crippen LogP) is 2.80. The Hall–Kier alpha value is -1.71. The van der Waals surface area contributed by atoms with Gasteiger partial charge in [0.1, 0.15) is 11.6 Å². The van der Waals surface area contributed by atoms with Crippen LogP contribution in [-0.2, 0) is 4.79 Å². The van der Waals surface area contributed by atoms with E-state index in [1.807, 2.05) is 0 Å². The van der Waals surface area contributed by atoms with Crippen molar-refractivity contribution in [3.63, 3.8) is 0 Å². The third-order valence-electron chi connectivity index (χ3n) is 4.48. The molecule has 1 aromatic rings. The summed E-state index contributed by atoms with van der Waals surface area (Å²) in [6.45, 7) is 0.627. The second-order valence-electron chi connectivity index (χ2n) is 5.65. The van der Waals surface area contributed by atoms with Gasteiger partial charge in [0.25, 0.3) is 5.91 Å². The first-order valence-electron chi connectivity index (χ1n) is 7.26. The van der Waals surface area contributed by atoms with Crippen molar-refractivity contribution in [2.75, 3.05) is 6.54 Å². The quantitative estimate of drug-likeness (QED) is 0.832. The zero-order valence-corrected chi connectivity index (χ0v) is 11.3. The minimum atomic E-state index is -0.485. The van der Waals surface area contributed by atoms with Gasteiger partial charge in [-0.25, -0.2) is 4.39 Å². The van der Waals surface area contributed by atoms with Gasteiger partial charge in [-0.3, -0.25) is 9.59 Å². The monoisotopic (exact) mass is 275 g/mol. The molecule has 20 heavy (non-hydrogen) atoms. The molecule has 0 radical (unpaired) electrons. The summed E-state index contributed by atoms with van der Waals surface area (Å²) in [4.78, 5) is 26.2. The number of benzene rings is 1. The Bertz CT molecular complexity index is 543. The first-order chi connectivity index (χ1) is 9.68. The van der Waals surface area contributed by atoms with Gasteiger partial charge in [0.2, 0.25) is 0 Å². The van der Waals surface area contributed by atoms with Gasteiger partial charge in [0, 0.05) is 24.9 Å². The second-order valence-corrected chi connectivity index (χ2v) is 5.65. The van der Waals surface area contributed by atoms with Crippen LogP contribution in [0.1, 0.15) is 42.5 Å².